The second-order valence-electron chi connectivity index (χ2n) is 5.44. The molecule has 5 nitrogen and oxygen atoms in total. The Kier molecular flexibility index (Phi) is 6.79. The summed E-state index contributed by atoms with van der Waals surface area (Å²) in [5.41, 5.74) is 1.27. The van der Waals surface area contributed by atoms with Gasteiger partial charge in [-0.1, -0.05) is 0 Å². The number of benzene rings is 1. The Labute approximate surface area is 127 Å². The highest BCUT2D eigenvalue weighted by Gasteiger charge is 2.13. The molecule has 1 aliphatic heterocycles. The van der Waals surface area contributed by atoms with Crippen LogP contribution in [-0.4, -0.2) is 53.6 Å². The quantitative estimate of drug-likeness (QED) is 0.610. The third kappa shape index (κ3) is 5.19. The molecule has 2 rings (SSSR count). The van der Waals surface area contributed by atoms with E-state index in [1.165, 1.54) is 25.1 Å². The van der Waals surface area contributed by atoms with Gasteiger partial charge in [-0.05, 0) is 18.2 Å². The van der Waals surface area contributed by atoms with E-state index in [-0.39, 0.29) is 0 Å². The number of rotatable bonds is 8. The Balaban J connectivity index is 1.66. The van der Waals surface area contributed by atoms with Gasteiger partial charge in [-0.2, -0.15) is 0 Å². The summed E-state index contributed by atoms with van der Waals surface area (Å²) in [6.45, 7) is 7.57. The van der Waals surface area contributed by atoms with Crippen molar-refractivity contribution in [2.45, 2.75) is 13.0 Å². The van der Waals surface area contributed by atoms with E-state index in [4.69, 9.17) is 14.2 Å². The van der Waals surface area contributed by atoms with E-state index in [9.17, 15) is 0 Å². The lowest BCUT2D eigenvalue weighted by Crippen LogP contribution is -3.14. The van der Waals surface area contributed by atoms with Crippen LogP contribution >= 0.6 is 0 Å². The van der Waals surface area contributed by atoms with Gasteiger partial charge in [-0.15, -0.1) is 0 Å². The average molecular weight is 296 g/mol. The number of ether oxygens (including phenoxy) is 3. The third-order valence-electron chi connectivity index (χ3n) is 3.97. The lowest BCUT2D eigenvalue weighted by Gasteiger charge is -2.23. The molecule has 21 heavy (non-hydrogen) atoms. The van der Waals surface area contributed by atoms with E-state index in [0.29, 0.717) is 0 Å². The van der Waals surface area contributed by atoms with Gasteiger partial charge in [0.25, 0.3) is 0 Å². The maximum Gasteiger partial charge on any atom is 0.161 e. The molecule has 0 radical (unpaired) electrons. The minimum atomic E-state index is 0.789. The summed E-state index contributed by atoms with van der Waals surface area (Å²) in [5, 5.41) is 2.36. The van der Waals surface area contributed by atoms with Crippen LogP contribution < -0.4 is 19.7 Å². The molecule has 1 saturated heterocycles. The highest BCUT2D eigenvalue weighted by Crippen LogP contribution is 2.27. The summed E-state index contributed by atoms with van der Waals surface area (Å²) in [4.78, 5) is 1.68. The molecule has 5 heteroatoms. The molecule has 118 valence electrons. The van der Waals surface area contributed by atoms with E-state index in [0.717, 1.165) is 44.3 Å². The number of nitrogens with two attached hydrogens (primary N) is 1. The third-order valence-corrected chi connectivity index (χ3v) is 3.97. The second kappa shape index (κ2) is 8.87. The van der Waals surface area contributed by atoms with Crippen molar-refractivity contribution in [3.05, 3.63) is 23.8 Å². The maximum absolute atomic E-state index is 5.37. The molecule has 3 N–H and O–H groups in total. The van der Waals surface area contributed by atoms with Gasteiger partial charge in [0.2, 0.25) is 0 Å². The number of hydrogen-bond acceptors (Lipinski definition) is 3. The largest absolute Gasteiger partial charge is 0.493 e. The molecular weight excluding hydrogens is 268 g/mol. The van der Waals surface area contributed by atoms with Crippen molar-refractivity contribution in [1.29, 1.82) is 0 Å². The Hall–Kier alpha value is -1.30. The number of morpholine rings is 1. The van der Waals surface area contributed by atoms with Crippen LogP contribution in [0.3, 0.4) is 0 Å². The molecule has 1 heterocycles. The van der Waals surface area contributed by atoms with Crippen LogP contribution in [0.2, 0.25) is 0 Å². The van der Waals surface area contributed by atoms with E-state index < -0.39 is 0 Å². The molecular formula is C16H28N2O3+2. The summed E-state index contributed by atoms with van der Waals surface area (Å²) in [6.07, 6.45) is 1.25. The molecule has 0 aliphatic carbocycles. The SMILES string of the molecule is COc1ccc(C[NH2+]CCC[NH+]2CCOCC2)cc1OC. The molecule has 1 aromatic carbocycles. The summed E-state index contributed by atoms with van der Waals surface area (Å²) >= 11 is 0. The normalized spacial score (nSPS) is 15.9. The number of hydrogen-bond donors (Lipinski definition) is 2. The summed E-state index contributed by atoms with van der Waals surface area (Å²) in [5.74, 6) is 1.60. The molecule has 0 atom stereocenters. The van der Waals surface area contributed by atoms with Gasteiger partial charge in [0.1, 0.15) is 19.6 Å². The van der Waals surface area contributed by atoms with Crippen LogP contribution in [0.4, 0.5) is 0 Å². The van der Waals surface area contributed by atoms with Gasteiger partial charge < -0.3 is 24.4 Å². The lowest BCUT2D eigenvalue weighted by atomic mass is 10.2. The highest BCUT2D eigenvalue weighted by molar-refractivity contribution is 5.42. The van der Waals surface area contributed by atoms with Crippen molar-refractivity contribution in [3.63, 3.8) is 0 Å². The molecule has 1 fully saturated rings. The first-order chi connectivity index (χ1) is 10.3. The van der Waals surface area contributed by atoms with Gasteiger partial charge in [-0.3, -0.25) is 0 Å². The van der Waals surface area contributed by atoms with Gasteiger partial charge in [0, 0.05) is 12.0 Å². The molecule has 0 bridgehead atoms. The van der Waals surface area contributed by atoms with Gasteiger partial charge in [0.05, 0.1) is 40.5 Å². The van der Waals surface area contributed by atoms with Gasteiger partial charge in [-0.25, -0.2) is 0 Å². The number of methoxy groups -OCH3 is 2. The van der Waals surface area contributed by atoms with E-state index in [2.05, 4.69) is 17.4 Å². The summed E-state index contributed by atoms with van der Waals surface area (Å²) < 4.78 is 16.0. The zero-order valence-corrected chi connectivity index (χ0v) is 13.2. The molecule has 1 aromatic rings. The Morgan fingerprint density at radius 1 is 1.14 bits per heavy atom. The fraction of sp³-hybridized carbons (Fsp3) is 0.625. The number of quaternary nitrogens is 2. The first kappa shape index (κ1) is 16.1. The minimum Gasteiger partial charge on any atom is -0.493 e. The molecule has 0 aromatic heterocycles. The van der Waals surface area contributed by atoms with Crippen molar-refractivity contribution in [3.8, 4) is 11.5 Å². The maximum atomic E-state index is 5.37. The van der Waals surface area contributed by atoms with Crippen LogP contribution in [0.5, 0.6) is 11.5 Å². The Morgan fingerprint density at radius 3 is 2.62 bits per heavy atom. The monoisotopic (exact) mass is 296 g/mol. The fourth-order valence-electron chi connectivity index (χ4n) is 2.68. The fourth-order valence-corrected chi connectivity index (χ4v) is 2.68. The number of nitrogens with one attached hydrogen (secondary N) is 1. The smallest absolute Gasteiger partial charge is 0.161 e. The van der Waals surface area contributed by atoms with E-state index in [1.54, 1.807) is 19.1 Å². The topological polar surface area (TPSA) is 48.7 Å². The summed E-state index contributed by atoms with van der Waals surface area (Å²) in [6, 6.07) is 6.13. The van der Waals surface area contributed by atoms with E-state index in [1.807, 2.05) is 6.07 Å². The van der Waals surface area contributed by atoms with Gasteiger partial charge >= 0.3 is 0 Å². The van der Waals surface area contributed by atoms with Crippen LogP contribution in [0.15, 0.2) is 18.2 Å². The van der Waals surface area contributed by atoms with Crippen molar-refractivity contribution in [2.75, 3.05) is 53.6 Å². The first-order valence-corrected chi connectivity index (χ1v) is 7.77. The molecule has 0 unspecified atom stereocenters. The van der Waals surface area contributed by atoms with Crippen molar-refractivity contribution in [1.82, 2.24) is 0 Å². The van der Waals surface area contributed by atoms with Crippen molar-refractivity contribution < 1.29 is 24.4 Å². The molecule has 0 spiro atoms. The van der Waals surface area contributed by atoms with Crippen LogP contribution in [0.25, 0.3) is 0 Å². The van der Waals surface area contributed by atoms with Crippen LogP contribution in [0.1, 0.15) is 12.0 Å². The average Bonchev–Trinajstić information content (AvgIpc) is 2.55. The van der Waals surface area contributed by atoms with Gasteiger partial charge in [0.15, 0.2) is 11.5 Å². The lowest BCUT2D eigenvalue weighted by molar-refractivity contribution is -0.909. The van der Waals surface area contributed by atoms with Crippen LogP contribution in [-0.2, 0) is 11.3 Å². The Morgan fingerprint density at radius 2 is 1.90 bits per heavy atom. The van der Waals surface area contributed by atoms with Crippen LogP contribution in [0, 0.1) is 0 Å². The van der Waals surface area contributed by atoms with Crippen molar-refractivity contribution >= 4 is 0 Å². The van der Waals surface area contributed by atoms with Crippen molar-refractivity contribution in [2.24, 2.45) is 0 Å². The summed E-state index contributed by atoms with van der Waals surface area (Å²) in [7, 11) is 3.34. The minimum absolute atomic E-state index is 0.789. The predicted molar refractivity (Wildman–Crippen MR) is 81.0 cm³/mol. The predicted octanol–water partition coefficient (Wildman–Crippen LogP) is -0.928. The van der Waals surface area contributed by atoms with E-state index >= 15 is 0 Å². The first-order valence-electron chi connectivity index (χ1n) is 7.77. The molecule has 1 aliphatic rings. The zero-order valence-electron chi connectivity index (χ0n) is 13.2. The Bertz CT molecular complexity index is 420. The molecule has 0 saturated carbocycles. The second-order valence-corrected chi connectivity index (χ2v) is 5.44. The molecule has 0 amide bonds. The standard InChI is InChI=1S/C16H26N2O3/c1-19-15-5-4-14(12-16(15)20-2)13-17-6-3-7-18-8-10-21-11-9-18/h4-5,12,17H,3,6-11,13H2,1-2H3/p+2. The zero-order chi connectivity index (χ0) is 14.9. The highest BCUT2D eigenvalue weighted by atomic mass is 16.5.